The average Bonchev–Trinajstić information content (AvgIpc) is 2.36. The number of methoxy groups -OCH3 is 1. The van der Waals surface area contributed by atoms with Crippen molar-refractivity contribution in [1.29, 1.82) is 0 Å². The molecule has 3 nitrogen and oxygen atoms in total. The summed E-state index contributed by atoms with van der Waals surface area (Å²) in [5.74, 6) is 0.888. The molecule has 0 fully saturated rings. The summed E-state index contributed by atoms with van der Waals surface area (Å²) < 4.78 is 11.5. The van der Waals surface area contributed by atoms with Gasteiger partial charge < -0.3 is 14.8 Å². The second-order valence-corrected chi connectivity index (χ2v) is 5.97. The summed E-state index contributed by atoms with van der Waals surface area (Å²) in [6.07, 6.45) is 1.08. The number of likely N-dealkylation sites (N-methyl/N-ethyl adjacent to an activating group) is 1. The molecule has 1 aromatic rings. The number of benzene rings is 1. The molecule has 0 heterocycles. The first kappa shape index (κ1) is 16.0. The number of nitrogens with one attached hydrogen (secondary N) is 1. The van der Waals surface area contributed by atoms with Gasteiger partial charge in [0.1, 0.15) is 5.75 Å². The first-order valence-corrected chi connectivity index (χ1v) is 6.87. The molecule has 0 aromatic heterocycles. The molecule has 0 aliphatic heterocycles. The van der Waals surface area contributed by atoms with Crippen LogP contribution in [0.1, 0.15) is 38.9 Å². The standard InChI is InChI=1S/C16H27NO2/c1-16(2,3)10-11-19-15(12-17-4)13-8-6-7-9-14(13)18-5/h6-9,15,17H,10-12H2,1-5H3. The van der Waals surface area contributed by atoms with Gasteiger partial charge in [-0.2, -0.15) is 0 Å². The monoisotopic (exact) mass is 265 g/mol. The van der Waals surface area contributed by atoms with E-state index in [0.29, 0.717) is 5.41 Å². The lowest BCUT2D eigenvalue weighted by atomic mass is 9.93. The summed E-state index contributed by atoms with van der Waals surface area (Å²) in [4.78, 5) is 0. The first-order valence-electron chi connectivity index (χ1n) is 6.87. The lowest BCUT2D eigenvalue weighted by molar-refractivity contribution is 0.0367. The second-order valence-electron chi connectivity index (χ2n) is 5.97. The van der Waals surface area contributed by atoms with Crippen molar-refractivity contribution < 1.29 is 9.47 Å². The average molecular weight is 265 g/mol. The van der Waals surface area contributed by atoms with Gasteiger partial charge in [-0.1, -0.05) is 39.0 Å². The van der Waals surface area contributed by atoms with Crippen LogP contribution in [0, 0.1) is 5.41 Å². The molecule has 0 aliphatic rings. The van der Waals surface area contributed by atoms with Gasteiger partial charge in [0.25, 0.3) is 0 Å². The topological polar surface area (TPSA) is 30.5 Å². The smallest absolute Gasteiger partial charge is 0.124 e. The highest BCUT2D eigenvalue weighted by Gasteiger charge is 2.17. The van der Waals surface area contributed by atoms with E-state index in [0.717, 1.165) is 30.9 Å². The third-order valence-corrected chi connectivity index (χ3v) is 3.05. The predicted octanol–water partition coefficient (Wildman–Crippen LogP) is 3.41. The molecule has 0 bridgehead atoms. The third kappa shape index (κ3) is 5.62. The number of hydrogen-bond donors (Lipinski definition) is 1. The molecule has 0 saturated carbocycles. The van der Waals surface area contributed by atoms with Crippen molar-refractivity contribution in [2.75, 3.05) is 27.3 Å². The van der Waals surface area contributed by atoms with E-state index in [4.69, 9.17) is 9.47 Å². The summed E-state index contributed by atoms with van der Waals surface area (Å²) in [7, 11) is 3.64. The Kier molecular flexibility index (Phi) is 6.32. The second kappa shape index (κ2) is 7.51. The van der Waals surface area contributed by atoms with Crippen LogP contribution in [0.5, 0.6) is 5.75 Å². The molecule has 3 heteroatoms. The van der Waals surface area contributed by atoms with E-state index in [1.807, 2.05) is 25.2 Å². The molecule has 19 heavy (non-hydrogen) atoms. The lowest BCUT2D eigenvalue weighted by Gasteiger charge is -2.23. The van der Waals surface area contributed by atoms with Crippen LogP contribution >= 0.6 is 0 Å². The van der Waals surface area contributed by atoms with E-state index in [9.17, 15) is 0 Å². The number of ether oxygens (including phenoxy) is 2. The number of hydrogen-bond acceptors (Lipinski definition) is 3. The minimum atomic E-state index is 0.0310. The van der Waals surface area contributed by atoms with Gasteiger partial charge in [0.05, 0.1) is 13.2 Å². The molecule has 0 amide bonds. The Morgan fingerprint density at radius 3 is 2.47 bits per heavy atom. The highest BCUT2D eigenvalue weighted by molar-refractivity contribution is 5.35. The van der Waals surface area contributed by atoms with E-state index in [1.54, 1.807) is 7.11 Å². The van der Waals surface area contributed by atoms with E-state index in [-0.39, 0.29) is 6.10 Å². The summed E-state index contributed by atoms with van der Waals surface area (Å²) >= 11 is 0. The fourth-order valence-corrected chi connectivity index (χ4v) is 1.88. The molecule has 1 rings (SSSR count). The van der Waals surface area contributed by atoms with Crippen LogP contribution in [0.3, 0.4) is 0 Å². The van der Waals surface area contributed by atoms with Crippen LogP contribution in [0.4, 0.5) is 0 Å². The SMILES string of the molecule is CNCC(OCCC(C)(C)C)c1ccccc1OC. The molecule has 0 saturated heterocycles. The predicted molar refractivity (Wildman–Crippen MR) is 79.7 cm³/mol. The molecule has 0 spiro atoms. The third-order valence-electron chi connectivity index (χ3n) is 3.05. The summed E-state index contributed by atoms with van der Waals surface area (Å²) in [6.45, 7) is 8.23. The van der Waals surface area contributed by atoms with Crippen LogP contribution in [0.15, 0.2) is 24.3 Å². The van der Waals surface area contributed by atoms with Crippen molar-refractivity contribution in [3.8, 4) is 5.75 Å². The van der Waals surface area contributed by atoms with Gasteiger partial charge in [-0.05, 0) is 24.9 Å². The molecule has 1 unspecified atom stereocenters. The fourth-order valence-electron chi connectivity index (χ4n) is 1.88. The molecular weight excluding hydrogens is 238 g/mol. The number of para-hydroxylation sites is 1. The Morgan fingerprint density at radius 1 is 1.21 bits per heavy atom. The maximum Gasteiger partial charge on any atom is 0.124 e. The largest absolute Gasteiger partial charge is 0.496 e. The Hall–Kier alpha value is -1.06. The lowest BCUT2D eigenvalue weighted by Crippen LogP contribution is -2.22. The van der Waals surface area contributed by atoms with Gasteiger partial charge in [-0.3, -0.25) is 0 Å². The molecule has 1 atom stereocenters. The zero-order chi connectivity index (χ0) is 14.3. The summed E-state index contributed by atoms with van der Waals surface area (Å²) in [6, 6.07) is 8.05. The minimum absolute atomic E-state index is 0.0310. The van der Waals surface area contributed by atoms with Crippen LogP contribution < -0.4 is 10.1 Å². The van der Waals surface area contributed by atoms with Crippen molar-refractivity contribution in [3.63, 3.8) is 0 Å². The van der Waals surface area contributed by atoms with Crippen LogP contribution in [-0.2, 0) is 4.74 Å². The molecular formula is C16H27NO2. The Bertz CT molecular complexity index is 371. The van der Waals surface area contributed by atoms with Gasteiger partial charge in [0, 0.05) is 18.7 Å². The van der Waals surface area contributed by atoms with Crippen molar-refractivity contribution in [2.45, 2.75) is 33.3 Å². The molecule has 108 valence electrons. The Balaban J connectivity index is 2.71. The maximum atomic E-state index is 6.04. The maximum absolute atomic E-state index is 6.04. The quantitative estimate of drug-likeness (QED) is 0.819. The van der Waals surface area contributed by atoms with E-state index in [1.165, 1.54) is 0 Å². The van der Waals surface area contributed by atoms with Gasteiger partial charge in [0.2, 0.25) is 0 Å². The Morgan fingerprint density at radius 2 is 1.89 bits per heavy atom. The zero-order valence-corrected chi connectivity index (χ0v) is 12.8. The van der Waals surface area contributed by atoms with Crippen molar-refractivity contribution in [2.24, 2.45) is 5.41 Å². The van der Waals surface area contributed by atoms with E-state index < -0.39 is 0 Å². The molecule has 1 N–H and O–H groups in total. The van der Waals surface area contributed by atoms with Crippen LogP contribution in [-0.4, -0.2) is 27.3 Å². The van der Waals surface area contributed by atoms with Gasteiger partial charge in [-0.15, -0.1) is 0 Å². The van der Waals surface area contributed by atoms with Gasteiger partial charge in [-0.25, -0.2) is 0 Å². The van der Waals surface area contributed by atoms with Crippen LogP contribution in [0.2, 0.25) is 0 Å². The summed E-state index contributed by atoms with van der Waals surface area (Å²) in [5, 5.41) is 3.18. The van der Waals surface area contributed by atoms with Crippen molar-refractivity contribution >= 4 is 0 Å². The summed E-state index contributed by atoms with van der Waals surface area (Å²) in [5.41, 5.74) is 1.40. The zero-order valence-electron chi connectivity index (χ0n) is 12.8. The van der Waals surface area contributed by atoms with Crippen molar-refractivity contribution in [3.05, 3.63) is 29.8 Å². The Labute approximate surface area is 117 Å². The van der Waals surface area contributed by atoms with E-state index in [2.05, 4.69) is 32.2 Å². The molecule has 1 aromatic carbocycles. The van der Waals surface area contributed by atoms with Gasteiger partial charge in [0.15, 0.2) is 0 Å². The highest BCUT2D eigenvalue weighted by Crippen LogP contribution is 2.28. The molecule has 0 aliphatic carbocycles. The highest BCUT2D eigenvalue weighted by atomic mass is 16.5. The first-order chi connectivity index (χ1) is 8.98. The van der Waals surface area contributed by atoms with Gasteiger partial charge >= 0.3 is 0 Å². The fraction of sp³-hybridized carbons (Fsp3) is 0.625. The van der Waals surface area contributed by atoms with Crippen LogP contribution in [0.25, 0.3) is 0 Å². The van der Waals surface area contributed by atoms with Crippen molar-refractivity contribution in [1.82, 2.24) is 5.32 Å². The minimum Gasteiger partial charge on any atom is -0.496 e. The normalized spacial score (nSPS) is 13.3. The molecule has 0 radical (unpaired) electrons. The number of rotatable bonds is 7. The van der Waals surface area contributed by atoms with E-state index >= 15 is 0 Å².